The number of benzene rings is 1. The molecule has 2 aliphatic rings. The van der Waals surface area contributed by atoms with E-state index in [1.165, 1.54) is 16.5 Å². The van der Waals surface area contributed by atoms with E-state index in [0.717, 1.165) is 48.7 Å². The number of fused-ring (bicyclic) bond motifs is 1. The number of H-pyrrole nitrogens is 1. The van der Waals surface area contributed by atoms with E-state index in [1.54, 1.807) is 12.4 Å². The molecule has 2 aliphatic heterocycles. The smallest absolute Gasteiger partial charge is 0.183 e. The number of anilines is 1. The Hall–Kier alpha value is -3.42. The summed E-state index contributed by atoms with van der Waals surface area (Å²) < 4.78 is 0. The van der Waals surface area contributed by atoms with Crippen molar-refractivity contribution in [3.05, 3.63) is 78.0 Å². The molecule has 0 saturated carbocycles. The first-order valence-electron chi connectivity index (χ1n) is 10.7. The Balaban J connectivity index is 1.31. The zero-order valence-electron chi connectivity index (χ0n) is 17.4. The van der Waals surface area contributed by atoms with Gasteiger partial charge < -0.3 is 20.9 Å². The van der Waals surface area contributed by atoms with Crippen LogP contribution in [0.4, 0.5) is 5.69 Å². The standard InChI is InChI=1S/C24H27N7/c25-24(10-6-18-3-1-2-11-27-18)29-14-9-23(31-24)30-19-4-5-22-20(15-19)21(16-28-22)17-7-12-26-13-8-17/h1-5,7,9,11,14-16,26,28,30-31H,6,8,10,12-13,25H2. The quantitative estimate of drug-likeness (QED) is 0.427. The largest absolute Gasteiger partial charge is 0.361 e. The van der Waals surface area contributed by atoms with Crippen LogP contribution in [0.5, 0.6) is 0 Å². The monoisotopic (exact) mass is 413 g/mol. The van der Waals surface area contributed by atoms with E-state index in [2.05, 4.69) is 61.4 Å². The molecule has 4 heterocycles. The van der Waals surface area contributed by atoms with Crippen molar-refractivity contribution in [3.63, 3.8) is 0 Å². The minimum Gasteiger partial charge on any atom is -0.361 e. The van der Waals surface area contributed by atoms with Crippen LogP contribution in [0.25, 0.3) is 16.5 Å². The first-order valence-corrected chi connectivity index (χ1v) is 10.7. The lowest BCUT2D eigenvalue weighted by atomic mass is 9.99. The Morgan fingerprint density at radius 3 is 3.00 bits per heavy atom. The highest BCUT2D eigenvalue weighted by atomic mass is 15.3. The molecule has 6 N–H and O–H groups in total. The summed E-state index contributed by atoms with van der Waals surface area (Å²) in [5.74, 6) is -0.0336. The van der Waals surface area contributed by atoms with Gasteiger partial charge in [0.15, 0.2) is 5.79 Å². The second-order valence-corrected chi connectivity index (χ2v) is 8.00. The predicted octanol–water partition coefficient (Wildman–Crippen LogP) is 3.11. The third-order valence-corrected chi connectivity index (χ3v) is 5.76. The topological polar surface area (TPSA) is 103 Å². The van der Waals surface area contributed by atoms with Crippen LogP contribution in [-0.2, 0) is 6.42 Å². The molecular formula is C24H27N7. The molecule has 0 bridgehead atoms. The lowest BCUT2D eigenvalue weighted by molar-refractivity contribution is 0.354. The average Bonchev–Trinajstić information content (AvgIpc) is 3.22. The number of allylic oxidation sites excluding steroid dienone is 1. The molecule has 7 heteroatoms. The summed E-state index contributed by atoms with van der Waals surface area (Å²) in [5.41, 5.74) is 12.3. The Labute approximate surface area is 181 Å². The van der Waals surface area contributed by atoms with Crippen LogP contribution in [0.2, 0.25) is 0 Å². The van der Waals surface area contributed by atoms with Crippen molar-refractivity contribution in [2.75, 3.05) is 18.4 Å². The second-order valence-electron chi connectivity index (χ2n) is 8.00. The second kappa shape index (κ2) is 8.37. The molecule has 3 aromatic rings. The number of rotatable bonds is 6. The summed E-state index contributed by atoms with van der Waals surface area (Å²) in [6.45, 7) is 1.94. The van der Waals surface area contributed by atoms with Crippen molar-refractivity contribution in [2.24, 2.45) is 10.7 Å². The molecule has 0 saturated heterocycles. The van der Waals surface area contributed by atoms with Crippen LogP contribution in [0, 0.1) is 0 Å². The molecule has 5 rings (SSSR count). The van der Waals surface area contributed by atoms with E-state index in [-0.39, 0.29) is 0 Å². The van der Waals surface area contributed by atoms with Crippen LogP contribution >= 0.6 is 0 Å². The Morgan fingerprint density at radius 2 is 2.16 bits per heavy atom. The molecule has 0 spiro atoms. The molecule has 0 fully saturated rings. The highest BCUT2D eigenvalue weighted by Gasteiger charge is 2.26. The number of aryl methyl sites for hydroxylation is 1. The van der Waals surface area contributed by atoms with Crippen molar-refractivity contribution in [3.8, 4) is 0 Å². The summed E-state index contributed by atoms with van der Waals surface area (Å²) >= 11 is 0. The molecule has 158 valence electrons. The maximum atomic E-state index is 6.51. The van der Waals surface area contributed by atoms with Gasteiger partial charge in [-0.1, -0.05) is 12.1 Å². The zero-order valence-corrected chi connectivity index (χ0v) is 17.4. The molecule has 1 unspecified atom stereocenters. The van der Waals surface area contributed by atoms with Crippen LogP contribution in [0.15, 0.2) is 71.8 Å². The van der Waals surface area contributed by atoms with E-state index >= 15 is 0 Å². The van der Waals surface area contributed by atoms with E-state index in [9.17, 15) is 0 Å². The van der Waals surface area contributed by atoms with Gasteiger partial charge >= 0.3 is 0 Å². The zero-order chi connectivity index (χ0) is 21.1. The predicted molar refractivity (Wildman–Crippen MR) is 127 cm³/mol. The van der Waals surface area contributed by atoms with Gasteiger partial charge in [0.1, 0.15) is 5.82 Å². The average molecular weight is 414 g/mol. The molecule has 0 radical (unpaired) electrons. The van der Waals surface area contributed by atoms with Crippen molar-refractivity contribution < 1.29 is 0 Å². The van der Waals surface area contributed by atoms with Crippen LogP contribution < -0.4 is 21.7 Å². The van der Waals surface area contributed by atoms with E-state index < -0.39 is 5.79 Å². The van der Waals surface area contributed by atoms with Gasteiger partial charge in [0.2, 0.25) is 0 Å². The van der Waals surface area contributed by atoms with Gasteiger partial charge in [0.25, 0.3) is 0 Å². The van der Waals surface area contributed by atoms with Crippen LogP contribution in [0.3, 0.4) is 0 Å². The summed E-state index contributed by atoms with van der Waals surface area (Å²) in [4.78, 5) is 12.2. The maximum absolute atomic E-state index is 6.51. The minimum absolute atomic E-state index is 0.642. The number of aromatic nitrogens is 2. The summed E-state index contributed by atoms with van der Waals surface area (Å²) in [6.07, 6.45) is 12.3. The van der Waals surface area contributed by atoms with Gasteiger partial charge in [0, 0.05) is 59.4 Å². The fraction of sp³-hybridized carbons (Fsp3) is 0.250. The lowest BCUT2D eigenvalue weighted by Gasteiger charge is -2.31. The minimum atomic E-state index is -0.863. The van der Waals surface area contributed by atoms with Crippen molar-refractivity contribution in [1.82, 2.24) is 20.6 Å². The normalized spacial score (nSPS) is 20.8. The highest BCUT2D eigenvalue weighted by Crippen LogP contribution is 2.30. The molecule has 0 amide bonds. The van der Waals surface area contributed by atoms with Gasteiger partial charge in [-0.25, -0.2) is 0 Å². The number of hydrogen-bond acceptors (Lipinski definition) is 6. The van der Waals surface area contributed by atoms with Gasteiger partial charge in [-0.05, 0) is 61.4 Å². The van der Waals surface area contributed by atoms with E-state index in [0.29, 0.717) is 6.42 Å². The Bertz CT molecular complexity index is 1160. The van der Waals surface area contributed by atoms with Crippen LogP contribution in [-0.4, -0.2) is 35.1 Å². The number of nitrogens with zero attached hydrogens (tertiary/aromatic N) is 2. The lowest BCUT2D eigenvalue weighted by Crippen LogP contribution is -2.54. The van der Waals surface area contributed by atoms with Gasteiger partial charge in [0.05, 0.1) is 0 Å². The first kappa shape index (κ1) is 19.5. The molecular weight excluding hydrogens is 386 g/mol. The van der Waals surface area contributed by atoms with E-state index in [1.807, 2.05) is 24.3 Å². The third kappa shape index (κ3) is 4.38. The molecule has 1 aromatic carbocycles. The summed E-state index contributed by atoms with van der Waals surface area (Å²) in [7, 11) is 0. The first-order chi connectivity index (χ1) is 15.2. The summed E-state index contributed by atoms with van der Waals surface area (Å²) in [5, 5.41) is 11.4. The molecule has 7 nitrogen and oxygen atoms in total. The van der Waals surface area contributed by atoms with Crippen molar-refractivity contribution in [1.29, 1.82) is 0 Å². The molecule has 1 atom stereocenters. The van der Waals surface area contributed by atoms with E-state index in [4.69, 9.17) is 5.73 Å². The fourth-order valence-corrected chi connectivity index (χ4v) is 4.10. The number of pyridine rings is 1. The molecule has 0 aliphatic carbocycles. The van der Waals surface area contributed by atoms with Crippen molar-refractivity contribution in [2.45, 2.75) is 25.0 Å². The maximum Gasteiger partial charge on any atom is 0.183 e. The van der Waals surface area contributed by atoms with Gasteiger partial charge in [-0.2, -0.15) is 0 Å². The highest BCUT2D eigenvalue weighted by molar-refractivity contribution is 5.95. The number of aliphatic imine (C=N–C) groups is 1. The Morgan fingerprint density at radius 1 is 1.19 bits per heavy atom. The molecule has 31 heavy (non-hydrogen) atoms. The SMILES string of the molecule is NC1(CCc2ccccn2)N=CC=C(Nc2ccc3[nH]cc(C4=CCNCC4)c3c2)N1. The van der Waals surface area contributed by atoms with Crippen molar-refractivity contribution >= 4 is 28.4 Å². The number of hydrogen-bond donors (Lipinski definition) is 5. The fourth-order valence-electron chi connectivity index (χ4n) is 4.10. The molecule has 2 aromatic heterocycles. The number of nitrogens with one attached hydrogen (secondary N) is 4. The number of nitrogens with two attached hydrogens (primary N) is 1. The van der Waals surface area contributed by atoms with Gasteiger partial charge in [-0.3, -0.25) is 15.7 Å². The summed E-state index contributed by atoms with van der Waals surface area (Å²) in [6, 6.07) is 12.3. The van der Waals surface area contributed by atoms with Crippen LogP contribution in [0.1, 0.15) is 24.1 Å². The Kier molecular flexibility index (Phi) is 5.28. The third-order valence-electron chi connectivity index (χ3n) is 5.76. The van der Waals surface area contributed by atoms with Gasteiger partial charge in [-0.15, -0.1) is 0 Å². The number of aromatic amines is 1.